The summed E-state index contributed by atoms with van der Waals surface area (Å²) in [5.41, 5.74) is 0. The first kappa shape index (κ1) is 20.0. The van der Waals surface area contributed by atoms with Gasteiger partial charge in [-0.2, -0.15) is 0 Å². The van der Waals surface area contributed by atoms with Gasteiger partial charge in [0.1, 0.15) is 5.76 Å². The van der Waals surface area contributed by atoms with Crippen molar-refractivity contribution in [2.45, 2.75) is 34.7 Å². The highest BCUT2D eigenvalue weighted by atomic mass is 32.2. The highest BCUT2D eigenvalue weighted by molar-refractivity contribution is 7.90. The average Bonchev–Trinajstić information content (AvgIpc) is 3.24. The minimum Gasteiger partial charge on any atom is -0.468 e. The first-order valence-electron chi connectivity index (χ1n) is 8.51. The molecule has 1 heterocycles. The van der Waals surface area contributed by atoms with Gasteiger partial charge >= 0.3 is 0 Å². The lowest BCUT2D eigenvalue weighted by Gasteiger charge is -2.22. The van der Waals surface area contributed by atoms with Crippen molar-refractivity contribution in [3.8, 4) is 0 Å². The molecular formula is C17H23N3O5S2. The summed E-state index contributed by atoms with van der Waals surface area (Å²) >= 11 is 0. The second kappa shape index (κ2) is 7.72. The maximum atomic E-state index is 12.6. The van der Waals surface area contributed by atoms with Gasteiger partial charge in [0.2, 0.25) is 20.0 Å². The molecule has 0 amide bonds. The summed E-state index contributed by atoms with van der Waals surface area (Å²) in [5, 5.41) is 0. The lowest BCUT2D eigenvalue weighted by atomic mass is 10.2. The number of nitrogens with zero attached hydrogens (tertiary/aromatic N) is 1. The van der Waals surface area contributed by atoms with Gasteiger partial charge < -0.3 is 4.42 Å². The molecule has 0 aliphatic heterocycles. The molecule has 2 N–H and O–H groups in total. The molecule has 1 aliphatic carbocycles. The molecule has 1 saturated carbocycles. The Hall–Kier alpha value is -1.72. The van der Waals surface area contributed by atoms with Crippen LogP contribution in [0.3, 0.4) is 0 Å². The lowest BCUT2D eigenvalue weighted by Crippen LogP contribution is -2.34. The van der Waals surface area contributed by atoms with E-state index in [9.17, 15) is 16.8 Å². The SMILES string of the molecule is CN(C)C(CNS(=O)(=O)c1ccc(S(=O)(=O)NC2CC2)cc1)c1ccco1. The fraction of sp³-hybridized carbons (Fsp3) is 0.412. The van der Waals surface area contributed by atoms with E-state index in [-0.39, 0.29) is 28.4 Å². The van der Waals surface area contributed by atoms with Crippen LogP contribution in [0, 0.1) is 0 Å². The number of sulfonamides is 2. The van der Waals surface area contributed by atoms with Crippen molar-refractivity contribution in [1.82, 2.24) is 14.3 Å². The topological polar surface area (TPSA) is 109 Å². The summed E-state index contributed by atoms with van der Waals surface area (Å²) in [4.78, 5) is 1.90. The maximum Gasteiger partial charge on any atom is 0.240 e. The lowest BCUT2D eigenvalue weighted by molar-refractivity contribution is 0.259. The van der Waals surface area contributed by atoms with Crippen LogP contribution in [0.1, 0.15) is 24.6 Å². The minimum atomic E-state index is -3.79. The van der Waals surface area contributed by atoms with Crippen LogP contribution in [0.5, 0.6) is 0 Å². The Kier molecular flexibility index (Phi) is 5.73. The number of rotatable bonds is 9. The van der Waals surface area contributed by atoms with Crippen LogP contribution < -0.4 is 9.44 Å². The Labute approximate surface area is 159 Å². The van der Waals surface area contributed by atoms with Gasteiger partial charge in [-0.1, -0.05) is 0 Å². The van der Waals surface area contributed by atoms with E-state index in [1.807, 2.05) is 19.0 Å². The average molecular weight is 414 g/mol. The van der Waals surface area contributed by atoms with Gasteiger partial charge in [0.15, 0.2) is 0 Å². The Morgan fingerprint density at radius 1 is 1.04 bits per heavy atom. The molecule has 0 saturated heterocycles. The summed E-state index contributed by atoms with van der Waals surface area (Å²) in [6.45, 7) is 0.117. The van der Waals surface area contributed by atoms with Gasteiger partial charge in [-0.05, 0) is 63.3 Å². The van der Waals surface area contributed by atoms with Gasteiger partial charge in [0.05, 0.1) is 22.1 Å². The molecule has 1 aromatic carbocycles. The number of hydrogen-bond acceptors (Lipinski definition) is 6. The van der Waals surface area contributed by atoms with Crippen LogP contribution in [-0.2, 0) is 20.0 Å². The van der Waals surface area contributed by atoms with Crippen molar-refractivity contribution < 1.29 is 21.3 Å². The molecule has 1 unspecified atom stereocenters. The molecule has 0 bridgehead atoms. The van der Waals surface area contributed by atoms with Crippen LogP contribution in [0.4, 0.5) is 0 Å². The van der Waals surface area contributed by atoms with E-state index in [1.165, 1.54) is 30.5 Å². The van der Waals surface area contributed by atoms with Crippen LogP contribution in [0.2, 0.25) is 0 Å². The van der Waals surface area contributed by atoms with Crippen molar-refractivity contribution in [3.05, 3.63) is 48.4 Å². The summed E-state index contributed by atoms with van der Waals surface area (Å²) in [6.07, 6.45) is 3.20. The molecule has 148 valence electrons. The molecule has 0 spiro atoms. The van der Waals surface area contributed by atoms with E-state index in [0.717, 1.165) is 12.8 Å². The largest absolute Gasteiger partial charge is 0.468 e. The van der Waals surface area contributed by atoms with E-state index in [1.54, 1.807) is 12.1 Å². The molecule has 10 heteroatoms. The van der Waals surface area contributed by atoms with Crippen molar-refractivity contribution in [2.24, 2.45) is 0 Å². The highest BCUT2D eigenvalue weighted by Crippen LogP contribution is 2.23. The predicted molar refractivity (Wildman–Crippen MR) is 100 cm³/mol. The number of furan rings is 1. The molecule has 8 nitrogen and oxygen atoms in total. The fourth-order valence-electron chi connectivity index (χ4n) is 2.58. The molecule has 1 fully saturated rings. The Morgan fingerprint density at radius 3 is 2.11 bits per heavy atom. The van der Waals surface area contributed by atoms with E-state index < -0.39 is 20.0 Å². The highest BCUT2D eigenvalue weighted by Gasteiger charge is 2.28. The summed E-state index contributed by atoms with van der Waals surface area (Å²) in [5.74, 6) is 0.648. The summed E-state index contributed by atoms with van der Waals surface area (Å²) in [6, 6.07) is 8.44. The quantitative estimate of drug-likeness (QED) is 0.641. The standard InChI is InChI=1S/C17H23N3O5S2/c1-20(2)16(17-4-3-11-25-17)12-18-26(21,22)14-7-9-15(10-8-14)27(23,24)19-13-5-6-13/h3-4,7-11,13,16,18-19H,5-6,12H2,1-2H3. The molecule has 1 atom stereocenters. The third kappa shape index (κ3) is 4.96. The molecule has 27 heavy (non-hydrogen) atoms. The second-order valence-electron chi connectivity index (χ2n) is 6.71. The van der Waals surface area contributed by atoms with E-state index in [2.05, 4.69) is 9.44 Å². The normalized spacial score (nSPS) is 16.6. The zero-order valence-electron chi connectivity index (χ0n) is 15.1. The first-order chi connectivity index (χ1) is 12.7. The fourth-order valence-corrected chi connectivity index (χ4v) is 4.92. The van der Waals surface area contributed by atoms with Crippen molar-refractivity contribution in [3.63, 3.8) is 0 Å². The predicted octanol–water partition coefficient (Wildman–Crippen LogP) is 1.30. The van der Waals surface area contributed by atoms with E-state index >= 15 is 0 Å². The van der Waals surface area contributed by atoms with E-state index in [0.29, 0.717) is 5.76 Å². The Bertz CT molecular complexity index is 964. The molecule has 0 radical (unpaired) electrons. The van der Waals surface area contributed by atoms with Crippen LogP contribution >= 0.6 is 0 Å². The van der Waals surface area contributed by atoms with Crippen LogP contribution in [0.25, 0.3) is 0 Å². The smallest absolute Gasteiger partial charge is 0.240 e. The van der Waals surface area contributed by atoms with Crippen molar-refractivity contribution >= 4 is 20.0 Å². The monoisotopic (exact) mass is 413 g/mol. The maximum absolute atomic E-state index is 12.6. The summed E-state index contributed by atoms with van der Waals surface area (Å²) < 4.78 is 59.9. The molecule has 3 rings (SSSR count). The van der Waals surface area contributed by atoms with Crippen LogP contribution in [0.15, 0.2) is 56.9 Å². The summed E-state index contributed by atoms with van der Waals surface area (Å²) in [7, 11) is -3.74. The Balaban J connectivity index is 1.71. The third-order valence-corrected chi connectivity index (χ3v) is 7.28. The molecule has 1 aliphatic rings. The Morgan fingerprint density at radius 2 is 1.63 bits per heavy atom. The van der Waals surface area contributed by atoms with Crippen molar-refractivity contribution in [2.75, 3.05) is 20.6 Å². The minimum absolute atomic E-state index is 0.00447. The van der Waals surface area contributed by atoms with Gasteiger partial charge in [-0.15, -0.1) is 0 Å². The van der Waals surface area contributed by atoms with Crippen LogP contribution in [-0.4, -0.2) is 48.4 Å². The number of hydrogen-bond donors (Lipinski definition) is 2. The molecule has 2 aromatic rings. The van der Waals surface area contributed by atoms with Crippen molar-refractivity contribution in [1.29, 1.82) is 0 Å². The zero-order valence-corrected chi connectivity index (χ0v) is 16.8. The molecule has 1 aromatic heterocycles. The number of benzene rings is 1. The van der Waals surface area contributed by atoms with Gasteiger partial charge in [-0.3, -0.25) is 4.90 Å². The second-order valence-corrected chi connectivity index (χ2v) is 10.2. The van der Waals surface area contributed by atoms with Gasteiger partial charge in [0, 0.05) is 12.6 Å². The van der Waals surface area contributed by atoms with Gasteiger partial charge in [0.25, 0.3) is 0 Å². The number of likely N-dealkylation sites (N-methyl/N-ethyl adjacent to an activating group) is 1. The van der Waals surface area contributed by atoms with E-state index in [4.69, 9.17) is 4.42 Å². The first-order valence-corrected chi connectivity index (χ1v) is 11.5. The van der Waals surface area contributed by atoms with Gasteiger partial charge in [-0.25, -0.2) is 26.3 Å². The third-order valence-electron chi connectivity index (χ3n) is 4.31. The number of nitrogens with one attached hydrogen (secondary N) is 2. The molecular weight excluding hydrogens is 390 g/mol. The zero-order chi connectivity index (χ0) is 19.7.